The number of rotatable bonds is 9. The van der Waals surface area contributed by atoms with E-state index in [1.165, 1.54) is 0 Å². The quantitative estimate of drug-likeness (QED) is 0.627. The van der Waals surface area contributed by atoms with E-state index in [9.17, 15) is 9.59 Å². The summed E-state index contributed by atoms with van der Waals surface area (Å²) >= 11 is 0. The second kappa shape index (κ2) is 11.0. The number of nitrogens with zero attached hydrogens (tertiary/aromatic N) is 1. The first-order chi connectivity index (χ1) is 15.0. The van der Waals surface area contributed by atoms with Gasteiger partial charge in [-0.15, -0.1) is 0 Å². The summed E-state index contributed by atoms with van der Waals surface area (Å²) in [7, 11) is 1.61. The molecule has 174 valence electrons. The fourth-order valence-corrected chi connectivity index (χ4v) is 3.39. The minimum absolute atomic E-state index is 0.139. The minimum Gasteiger partial charge on any atom is -0.497 e. The molecule has 32 heavy (non-hydrogen) atoms. The van der Waals surface area contributed by atoms with Crippen LogP contribution in [0.15, 0.2) is 42.5 Å². The molecule has 0 saturated heterocycles. The maximum absolute atomic E-state index is 13.3. The SMILES string of the molecule is CC[C@H](C(=O)NC(C)(C)C)N(Cc1ccc(OC)cc1)C(=O)COc1cc(C)ccc1C. The molecular weight excluding hydrogens is 404 g/mol. The van der Waals surface area contributed by atoms with Crippen molar-refractivity contribution in [2.24, 2.45) is 0 Å². The van der Waals surface area contributed by atoms with Gasteiger partial charge in [-0.25, -0.2) is 0 Å². The Balaban J connectivity index is 2.26. The lowest BCUT2D eigenvalue weighted by atomic mass is 10.1. The summed E-state index contributed by atoms with van der Waals surface area (Å²) in [6, 6.07) is 12.8. The van der Waals surface area contributed by atoms with Gasteiger partial charge in [-0.2, -0.15) is 0 Å². The van der Waals surface area contributed by atoms with Crippen molar-refractivity contribution in [1.82, 2.24) is 10.2 Å². The van der Waals surface area contributed by atoms with Crippen LogP contribution in [-0.2, 0) is 16.1 Å². The van der Waals surface area contributed by atoms with Gasteiger partial charge in [-0.3, -0.25) is 9.59 Å². The zero-order chi connectivity index (χ0) is 23.9. The highest BCUT2D eigenvalue weighted by Crippen LogP contribution is 2.21. The fourth-order valence-electron chi connectivity index (χ4n) is 3.39. The molecule has 0 aromatic heterocycles. The summed E-state index contributed by atoms with van der Waals surface area (Å²) in [5, 5.41) is 3.01. The van der Waals surface area contributed by atoms with Crippen molar-refractivity contribution in [2.75, 3.05) is 13.7 Å². The predicted molar refractivity (Wildman–Crippen MR) is 127 cm³/mol. The summed E-state index contributed by atoms with van der Waals surface area (Å²) in [6.07, 6.45) is 0.493. The molecular formula is C26H36N2O4. The standard InChI is InChI=1S/C26H36N2O4/c1-8-22(25(30)27-26(4,5)6)28(16-20-11-13-21(31-7)14-12-20)24(29)17-32-23-15-18(2)9-10-19(23)3/h9-15,22H,8,16-17H2,1-7H3,(H,27,30)/t22-/m1/s1. The molecule has 0 bridgehead atoms. The number of ether oxygens (including phenoxy) is 2. The van der Waals surface area contributed by atoms with E-state index in [2.05, 4.69) is 5.32 Å². The molecule has 6 nitrogen and oxygen atoms in total. The van der Waals surface area contributed by atoms with Crippen LogP contribution >= 0.6 is 0 Å². The van der Waals surface area contributed by atoms with Crippen LogP contribution in [0.1, 0.15) is 50.8 Å². The number of nitrogens with one attached hydrogen (secondary N) is 1. The highest BCUT2D eigenvalue weighted by atomic mass is 16.5. The van der Waals surface area contributed by atoms with Crippen LogP contribution in [-0.4, -0.2) is 42.0 Å². The summed E-state index contributed by atoms with van der Waals surface area (Å²) in [6.45, 7) is 11.8. The molecule has 2 amide bonds. The van der Waals surface area contributed by atoms with Crippen LogP contribution < -0.4 is 14.8 Å². The zero-order valence-corrected chi connectivity index (χ0v) is 20.3. The van der Waals surface area contributed by atoms with Gasteiger partial charge in [0.1, 0.15) is 17.5 Å². The van der Waals surface area contributed by atoms with Gasteiger partial charge in [0, 0.05) is 12.1 Å². The molecule has 0 heterocycles. The number of hydrogen-bond acceptors (Lipinski definition) is 4. The van der Waals surface area contributed by atoms with Gasteiger partial charge in [-0.05, 0) is 75.9 Å². The van der Waals surface area contributed by atoms with E-state index in [1.807, 2.05) is 84.0 Å². The maximum Gasteiger partial charge on any atom is 0.261 e. The highest BCUT2D eigenvalue weighted by molar-refractivity contribution is 5.88. The van der Waals surface area contributed by atoms with E-state index in [4.69, 9.17) is 9.47 Å². The monoisotopic (exact) mass is 440 g/mol. The summed E-state index contributed by atoms with van der Waals surface area (Å²) in [4.78, 5) is 27.9. The average molecular weight is 441 g/mol. The number of carbonyl (C=O) groups excluding carboxylic acids is 2. The Morgan fingerprint density at radius 1 is 1.06 bits per heavy atom. The Labute approximate surface area is 191 Å². The molecule has 6 heteroatoms. The number of methoxy groups -OCH3 is 1. The summed E-state index contributed by atoms with van der Waals surface area (Å²) in [5.41, 5.74) is 2.54. The Morgan fingerprint density at radius 2 is 1.72 bits per heavy atom. The molecule has 0 radical (unpaired) electrons. The van der Waals surface area contributed by atoms with Crippen molar-refractivity contribution in [3.05, 3.63) is 59.2 Å². The van der Waals surface area contributed by atoms with E-state index >= 15 is 0 Å². The lowest BCUT2D eigenvalue weighted by Gasteiger charge is -2.33. The van der Waals surface area contributed by atoms with E-state index in [-0.39, 0.29) is 18.4 Å². The van der Waals surface area contributed by atoms with Crippen LogP contribution in [0.4, 0.5) is 0 Å². The Hall–Kier alpha value is -3.02. The molecule has 0 unspecified atom stereocenters. The third-order valence-corrected chi connectivity index (χ3v) is 5.09. The van der Waals surface area contributed by atoms with Crippen LogP contribution in [0.5, 0.6) is 11.5 Å². The molecule has 1 N–H and O–H groups in total. The first-order valence-electron chi connectivity index (χ1n) is 11.0. The van der Waals surface area contributed by atoms with Gasteiger partial charge in [0.25, 0.3) is 5.91 Å². The van der Waals surface area contributed by atoms with Gasteiger partial charge in [-0.1, -0.05) is 31.2 Å². The second-order valence-corrected chi connectivity index (χ2v) is 9.09. The topological polar surface area (TPSA) is 67.9 Å². The van der Waals surface area contributed by atoms with Gasteiger partial charge < -0.3 is 19.7 Å². The molecule has 0 saturated carbocycles. The molecule has 0 fully saturated rings. The van der Waals surface area contributed by atoms with Crippen LogP contribution in [0, 0.1) is 13.8 Å². The lowest BCUT2D eigenvalue weighted by Crippen LogP contribution is -2.54. The van der Waals surface area contributed by atoms with Gasteiger partial charge in [0.2, 0.25) is 5.91 Å². The number of hydrogen-bond donors (Lipinski definition) is 1. The Bertz CT molecular complexity index is 916. The van der Waals surface area contributed by atoms with E-state index < -0.39 is 11.6 Å². The fraction of sp³-hybridized carbons (Fsp3) is 0.462. The van der Waals surface area contributed by atoms with Crippen molar-refractivity contribution in [2.45, 2.75) is 66.1 Å². The highest BCUT2D eigenvalue weighted by Gasteiger charge is 2.31. The molecule has 0 aliphatic carbocycles. The van der Waals surface area contributed by atoms with E-state index in [1.54, 1.807) is 12.0 Å². The third kappa shape index (κ3) is 7.29. The average Bonchev–Trinajstić information content (AvgIpc) is 2.73. The second-order valence-electron chi connectivity index (χ2n) is 9.09. The molecule has 1 atom stereocenters. The molecule has 2 rings (SSSR count). The van der Waals surface area contributed by atoms with Crippen molar-refractivity contribution >= 4 is 11.8 Å². The molecule has 0 aliphatic rings. The number of aryl methyl sites for hydroxylation is 2. The van der Waals surface area contributed by atoms with Gasteiger partial charge in [0.05, 0.1) is 7.11 Å². The van der Waals surface area contributed by atoms with E-state index in [0.717, 1.165) is 22.4 Å². The number of benzene rings is 2. The number of amides is 2. The first-order valence-corrected chi connectivity index (χ1v) is 11.0. The maximum atomic E-state index is 13.3. The zero-order valence-electron chi connectivity index (χ0n) is 20.3. The Kier molecular flexibility index (Phi) is 8.70. The normalized spacial score (nSPS) is 12.1. The smallest absolute Gasteiger partial charge is 0.261 e. The van der Waals surface area contributed by atoms with Crippen molar-refractivity contribution < 1.29 is 19.1 Å². The largest absolute Gasteiger partial charge is 0.497 e. The summed E-state index contributed by atoms with van der Waals surface area (Å²) < 4.78 is 11.1. The van der Waals surface area contributed by atoms with Gasteiger partial charge in [0.15, 0.2) is 6.61 Å². The van der Waals surface area contributed by atoms with Crippen LogP contribution in [0.25, 0.3) is 0 Å². The predicted octanol–water partition coefficient (Wildman–Crippen LogP) is 4.41. The number of carbonyl (C=O) groups is 2. The van der Waals surface area contributed by atoms with Crippen molar-refractivity contribution in [3.63, 3.8) is 0 Å². The van der Waals surface area contributed by atoms with Crippen LogP contribution in [0.2, 0.25) is 0 Å². The minimum atomic E-state index is -0.606. The summed E-state index contributed by atoms with van der Waals surface area (Å²) in [5.74, 6) is 1.00. The van der Waals surface area contributed by atoms with E-state index in [0.29, 0.717) is 18.7 Å². The molecule has 2 aromatic carbocycles. The lowest BCUT2D eigenvalue weighted by molar-refractivity contribution is -0.143. The van der Waals surface area contributed by atoms with Crippen LogP contribution in [0.3, 0.4) is 0 Å². The Morgan fingerprint density at radius 3 is 2.28 bits per heavy atom. The first kappa shape index (κ1) is 25.2. The van der Waals surface area contributed by atoms with Crippen molar-refractivity contribution in [1.29, 1.82) is 0 Å². The van der Waals surface area contributed by atoms with Gasteiger partial charge >= 0.3 is 0 Å². The molecule has 0 aliphatic heterocycles. The third-order valence-electron chi connectivity index (χ3n) is 5.09. The molecule has 0 spiro atoms. The molecule has 2 aromatic rings. The van der Waals surface area contributed by atoms with Crippen molar-refractivity contribution in [3.8, 4) is 11.5 Å².